The SMILES string of the molecule is CC/C=C/C=C(\N=C(C)SC)c1cnoc1. The van der Waals surface area contributed by atoms with Gasteiger partial charge in [0.1, 0.15) is 6.26 Å². The van der Waals surface area contributed by atoms with E-state index < -0.39 is 0 Å². The van der Waals surface area contributed by atoms with Crippen LogP contribution in [-0.4, -0.2) is 16.5 Å². The van der Waals surface area contributed by atoms with Crippen molar-refractivity contribution in [3.05, 3.63) is 36.3 Å². The second-order valence-corrected chi connectivity index (χ2v) is 4.14. The van der Waals surface area contributed by atoms with Gasteiger partial charge in [-0.2, -0.15) is 0 Å². The maximum Gasteiger partial charge on any atom is 0.133 e. The molecule has 0 atom stereocenters. The summed E-state index contributed by atoms with van der Waals surface area (Å²) < 4.78 is 4.83. The minimum Gasteiger partial charge on any atom is -0.364 e. The molecule has 0 N–H and O–H groups in total. The van der Waals surface area contributed by atoms with E-state index in [1.54, 1.807) is 24.2 Å². The molecule has 0 aliphatic rings. The van der Waals surface area contributed by atoms with Crippen LogP contribution in [0.25, 0.3) is 5.70 Å². The lowest BCUT2D eigenvalue weighted by Crippen LogP contribution is -1.84. The Hall–Kier alpha value is -1.29. The molecule has 0 aromatic carbocycles. The molecule has 0 aliphatic heterocycles. The van der Waals surface area contributed by atoms with Gasteiger partial charge in [0.05, 0.1) is 22.5 Å². The van der Waals surface area contributed by atoms with Crippen molar-refractivity contribution in [3.8, 4) is 0 Å². The van der Waals surface area contributed by atoms with Gasteiger partial charge in [0.15, 0.2) is 0 Å². The summed E-state index contributed by atoms with van der Waals surface area (Å²) in [6.45, 7) is 4.08. The van der Waals surface area contributed by atoms with Crippen LogP contribution in [0, 0.1) is 0 Å². The lowest BCUT2D eigenvalue weighted by atomic mass is 10.2. The van der Waals surface area contributed by atoms with Gasteiger partial charge < -0.3 is 4.52 Å². The zero-order valence-corrected chi connectivity index (χ0v) is 10.6. The van der Waals surface area contributed by atoms with Crippen LogP contribution in [0.2, 0.25) is 0 Å². The Labute approximate surface area is 100 Å². The number of nitrogens with zero attached hydrogens (tertiary/aromatic N) is 2. The number of aliphatic imine (C=N–C) groups is 1. The zero-order valence-electron chi connectivity index (χ0n) is 9.80. The van der Waals surface area contributed by atoms with E-state index in [0.29, 0.717) is 0 Å². The van der Waals surface area contributed by atoms with E-state index in [0.717, 1.165) is 22.7 Å². The van der Waals surface area contributed by atoms with Crippen molar-refractivity contribution in [2.45, 2.75) is 20.3 Å². The summed E-state index contributed by atoms with van der Waals surface area (Å²) in [4.78, 5) is 4.50. The maximum absolute atomic E-state index is 4.83. The van der Waals surface area contributed by atoms with Gasteiger partial charge in [0, 0.05) is 0 Å². The highest BCUT2D eigenvalue weighted by molar-refractivity contribution is 8.13. The highest BCUT2D eigenvalue weighted by atomic mass is 32.2. The molecule has 0 amide bonds. The van der Waals surface area contributed by atoms with E-state index in [4.69, 9.17) is 4.52 Å². The predicted octanol–water partition coefficient (Wildman–Crippen LogP) is 3.76. The molecule has 86 valence electrons. The monoisotopic (exact) mass is 236 g/mol. The molecular weight excluding hydrogens is 220 g/mol. The molecule has 1 rings (SSSR count). The fourth-order valence-corrected chi connectivity index (χ4v) is 1.23. The second kappa shape index (κ2) is 7.06. The fourth-order valence-electron chi connectivity index (χ4n) is 1.04. The summed E-state index contributed by atoms with van der Waals surface area (Å²) in [5, 5.41) is 4.70. The average molecular weight is 236 g/mol. The van der Waals surface area contributed by atoms with Gasteiger partial charge in [0.25, 0.3) is 0 Å². The summed E-state index contributed by atoms with van der Waals surface area (Å²) in [7, 11) is 0. The van der Waals surface area contributed by atoms with E-state index in [9.17, 15) is 0 Å². The molecule has 1 aromatic rings. The van der Waals surface area contributed by atoms with Crippen molar-refractivity contribution >= 4 is 22.5 Å². The van der Waals surface area contributed by atoms with Crippen molar-refractivity contribution in [3.63, 3.8) is 0 Å². The predicted molar refractivity (Wildman–Crippen MR) is 70.5 cm³/mol. The number of rotatable bonds is 4. The standard InChI is InChI=1S/C12H16N2OS/c1-4-5-6-7-12(14-10(2)16-3)11-8-13-15-9-11/h5-9H,4H2,1-3H3/b6-5+,12-7-,14-10?. The van der Waals surface area contributed by atoms with Gasteiger partial charge in [0.2, 0.25) is 0 Å². The molecule has 4 heteroatoms. The third kappa shape index (κ3) is 4.06. The fraction of sp³-hybridized carbons (Fsp3) is 0.333. The average Bonchev–Trinajstić information content (AvgIpc) is 2.81. The van der Waals surface area contributed by atoms with Crippen LogP contribution in [0.15, 0.2) is 40.2 Å². The molecular formula is C12H16N2OS. The molecule has 0 fully saturated rings. The summed E-state index contributed by atoms with van der Waals surface area (Å²) in [6.07, 6.45) is 12.3. The van der Waals surface area contributed by atoms with E-state index in [1.807, 2.05) is 25.3 Å². The first kappa shape index (κ1) is 12.8. The Bertz CT molecular complexity index is 391. The van der Waals surface area contributed by atoms with Gasteiger partial charge in [-0.3, -0.25) is 0 Å². The third-order valence-electron chi connectivity index (χ3n) is 1.93. The van der Waals surface area contributed by atoms with Crippen molar-refractivity contribution in [2.24, 2.45) is 4.99 Å². The van der Waals surface area contributed by atoms with Gasteiger partial charge in [-0.25, -0.2) is 4.99 Å². The van der Waals surface area contributed by atoms with E-state index in [1.165, 1.54) is 0 Å². The van der Waals surface area contributed by atoms with Crippen molar-refractivity contribution in [2.75, 3.05) is 6.26 Å². The first-order chi connectivity index (χ1) is 7.77. The molecule has 0 aliphatic carbocycles. The minimum absolute atomic E-state index is 0.873. The number of hydrogen-bond donors (Lipinski definition) is 0. The summed E-state index contributed by atoms with van der Waals surface area (Å²) in [5.41, 5.74) is 1.77. The summed E-state index contributed by atoms with van der Waals surface area (Å²) >= 11 is 1.62. The van der Waals surface area contributed by atoms with Crippen LogP contribution in [0.3, 0.4) is 0 Å². The van der Waals surface area contributed by atoms with Crippen LogP contribution in [-0.2, 0) is 0 Å². The van der Waals surface area contributed by atoms with Crippen LogP contribution in [0.4, 0.5) is 0 Å². The Kier molecular flexibility index (Phi) is 5.64. The number of allylic oxidation sites excluding steroid dienone is 3. The molecule has 0 spiro atoms. The molecule has 3 nitrogen and oxygen atoms in total. The Morgan fingerprint density at radius 2 is 2.44 bits per heavy atom. The topological polar surface area (TPSA) is 38.4 Å². The first-order valence-electron chi connectivity index (χ1n) is 5.13. The first-order valence-corrected chi connectivity index (χ1v) is 6.36. The van der Waals surface area contributed by atoms with Gasteiger partial charge in [-0.1, -0.05) is 24.2 Å². The largest absolute Gasteiger partial charge is 0.364 e. The highest BCUT2D eigenvalue weighted by Crippen LogP contribution is 2.17. The Morgan fingerprint density at radius 3 is 3.00 bits per heavy atom. The second-order valence-electron chi connectivity index (χ2n) is 3.14. The van der Waals surface area contributed by atoms with Crippen molar-refractivity contribution in [1.29, 1.82) is 0 Å². The van der Waals surface area contributed by atoms with E-state index in [-0.39, 0.29) is 0 Å². The van der Waals surface area contributed by atoms with Crippen LogP contribution < -0.4 is 0 Å². The Morgan fingerprint density at radius 1 is 1.62 bits per heavy atom. The van der Waals surface area contributed by atoms with Gasteiger partial charge in [-0.15, -0.1) is 11.8 Å². The smallest absolute Gasteiger partial charge is 0.133 e. The molecule has 0 unspecified atom stereocenters. The van der Waals surface area contributed by atoms with Crippen LogP contribution in [0.5, 0.6) is 0 Å². The van der Waals surface area contributed by atoms with Gasteiger partial charge >= 0.3 is 0 Å². The summed E-state index contributed by atoms with van der Waals surface area (Å²) in [6, 6.07) is 0. The van der Waals surface area contributed by atoms with Crippen molar-refractivity contribution in [1.82, 2.24) is 5.16 Å². The molecule has 0 saturated heterocycles. The lowest BCUT2D eigenvalue weighted by molar-refractivity contribution is 0.419. The number of thioether (sulfide) groups is 1. The number of aromatic nitrogens is 1. The molecule has 0 saturated carbocycles. The Balaban J connectivity index is 2.95. The maximum atomic E-state index is 4.83. The van der Waals surface area contributed by atoms with Gasteiger partial charge in [-0.05, 0) is 25.7 Å². The quantitative estimate of drug-likeness (QED) is 0.454. The molecule has 1 heterocycles. The van der Waals surface area contributed by atoms with Crippen LogP contribution in [0.1, 0.15) is 25.8 Å². The highest BCUT2D eigenvalue weighted by Gasteiger charge is 2.02. The molecule has 16 heavy (non-hydrogen) atoms. The molecule has 0 radical (unpaired) electrons. The van der Waals surface area contributed by atoms with Crippen LogP contribution >= 0.6 is 11.8 Å². The zero-order chi connectivity index (χ0) is 11.8. The van der Waals surface area contributed by atoms with E-state index in [2.05, 4.69) is 23.1 Å². The number of hydrogen-bond acceptors (Lipinski definition) is 4. The third-order valence-corrected chi connectivity index (χ3v) is 2.61. The van der Waals surface area contributed by atoms with E-state index >= 15 is 0 Å². The normalized spacial score (nSPS) is 13.7. The molecule has 1 aromatic heterocycles. The summed E-state index contributed by atoms with van der Waals surface area (Å²) in [5.74, 6) is 0. The molecule has 0 bridgehead atoms. The minimum atomic E-state index is 0.873. The lowest BCUT2D eigenvalue weighted by Gasteiger charge is -1.98. The van der Waals surface area contributed by atoms with Crippen molar-refractivity contribution < 1.29 is 4.52 Å².